The minimum absolute atomic E-state index is 0.00215. The average Bonchev–Trinajstić information content (AvgIpc) is 3.09. The molecule has 0 saturated carbocycles. The summed E-state index contributed by atoms with van der Waals surface area (Å²) in [6.45, 7) is 0.475. The van der Waals surface area contributed by atoms with Crippen molar-refractivity contribution in [2.45, 2.75) is 12.6 Å². The molecule has 7 nitrogen and oxygen atoms in total. The van der Waals surface area contributed by atoms with Crippen LogP contribution >= 0.6 is 0 Å². The first-order chi connectivity index (χ1) is 16.4. The van der Waals surface area contributed by atoms with Crippen LogP contribution in [-0.4, -0.2) is 55.3 Å². The van der Waals surface area contributed by atoms with Gasteiger partial charge in [-0.05, 0) is 49.5 Å². The molecule has 3 aromatic rings. The van der Waals surface area contributed by atoms with Crippen LogP contribution in [0.5, 0.6) is 5.75 Å². The minimum atomic E-state index is -0.334. The van der Waals surface area contributed by atoms with Crippen LogP contribution in [0.25, 0.3) is 0 Å². The third kappa shape index (κ3) is 4.56. The number of carbonyl (C=O) groups excluding carboxylic acids is 3. The summed E-state index contributed by atoms with van der Waals surface area (Å²) in [4.78, 5) is 41.8. The lowest BCUT2D eigenvalue weighted by atomic mass is 10.1. The number of ether oxygens (including phenoxy) is 1. The highest BCUT2D eigenvalue weighted by molar-refractivity contribution is 6.21. The molecule has 1 heterocycles. The molecule has 174 valence electrons. The smallest absolute Gasteiger partial charge is 0.261 e. The third-order valence-corrected chi connectivity index (χ3v) is 5.99. The maximum absolute atomic E-state index is 13.1. The van der Waals surface area contributed by atoms with Gasteiger partial charge in [0.15, 0.2) is 0 Å². The Balaban J connectivity index is 1.52. The van der Waals surface area contributed by atoms with Gasteiger partial charge in [0.05, 0.1) is 36.4 Å². The Kier molecular flexibility index (Phi) is 6.75. The maximum Gasteiger partial charge on any atom is 0.261 e. The van der Waals surface area contributed by atoms with Crippen LogP contribution in [0.1, 0.15) is 48.2 Å². The fraction of sp³-hybridized carbons (Fsp3) is 0.222. The Labute approximate surface area is 198 Å². The molecule has 0 spiro atoms. The molecule has 0 aromatic heterocycles. The largest absolute Gasteiger partial charge is 0.496 e. The van der Waals surface area contributed by atoms with Crippen molar-refractivity contribution in [1.82, 2.24) is 15.1 Å². The summed E-state index contributed by atoms with van der Waals surface area (Å²) in [6, 6.07) is 21.8. The first kappa shape index (κ1) is 23.2. The van der Waals surface area contributed by atoms with Gasteiger partial charge in [0, 0.05) is 6.54 Å². The first-order valence-electron chi connectivity index (χ1n) is 11.0. The number of nitrogens with one attached hydrogen (secondary N) is 1. The number of methoxy groups -OCH3 is 1. The van der Waals surface area contributed by atoms with Crippen molar-refractivity contribution in [3.63, 3.8) is 0 Å². The Bertz CT molecular complexity index is 1190. The van der Waals surface area contributed by atoms with E-state index in [0.29, 0.717) is 34.5 Å². The summed E-state index contributed by atoms with van der Waals surface area (Å²) in [5, 5.41) is 3.00. The second-order valence-corrected chi connectivity index (χ2v) is 8.38. The number of benzene rings is 3. The predicted octanol–water partition coefficient (Wildman–Crippen LogP) is 3.52. The number of carbonyl (C=O) groups is 3. The van der Waals surface area contributed by atoms with Crippen LogP contribution in [0.15, 0.2) is 72.8 Å². The molecular formula is C27H27N3O4. The van der Waals surface area contributed by atoms with Gasteiger partial charge in [0.25, 0.3) is 17.7 Å². The molecule has 3 aromatic carbocycles. The van der Waals surface area contributed by atoms with Crippen LogP contribution in [0.2, 0.25) is 0 Å². The summed E-state index contributed by atoms with van der Waals surface area (Å²) >= 11 is 0. The SMILES string of the molecule is COc1ccc(CN2C(=O)c3ccccc3C2=O)cc1C(=O)NCC(c1ccccc1)N(C)C. The van der Waals surface area contributed by atoms with Gasteiger partial charge in [-0.3, -0.25) is 19.3 Å². The second kappa shape index (κ2) is 9.89. The number of likely N-dealkylation sites (N-methyl/N-ethyl adjacent to an activating group) is 1. The Morgan fingerprint density at radius 3 is 2.15 bits per heavy atom. The molecule has 0 bridgehead atoms. The van der Waals surface area contributed by atoms with Crippen molar-refractivity contribution in [2.75, 3.05) is 27.7 Å². The number of rotatable bonds is 8. The quantitative estimate of drug-likeness (QED) is 0.524. The predicted molar refractivity (Wildman–Crippen MR) is 129 cm³/mol. The molecule has 1 atom stereocenters. The Morgan fingerprint density at radius 2 is 1.56 bits per heavy atom. The van der Waals surface area contributed by atoms with E-state index in [0.717, 1.165) is 5.56 Å². The van der Waals surface area contributed by atoms with Gasteiger partial charge < -0.3 is 15.0 Å². The lowest BCUT2D eigenvalue weighted by Gasteiger charge is -2.25. The summed E-state index contributed by atoms with van der Waals surface area (Å²) in [7, 11) is 5.43. The lowest BCUT2D eigenvalue weighted by molar-refractivity contribution is 0.0642. The van der Waals surface area contributed by atoms with Crippen LogP contribution in [-0.2, 0) is 6.54 Å². The van der Waals surface area contributed by atoms with E-state index in [1.54, 1.807) is 42.5 Å². The van der Waals surface area contributed by atoms with Gasteiger partial charge in [0.1, 0.15) is 5.75 Å². The van der Waals surface area contributed by atoms with Crippen LogP contribution < -0.4 is 10.1 Å². The van der Waals surface area contributed by atoms with E-state index in [9.17, 15) is 14.4 Å². The molecule has 0 radical (unpaired) electrons. The molecule has 3 amide bonds. The van der Waals surface area contributed by atoms with E-state index in [-0.39, 0.29) is 30.3 Å². The van der Waals surface area contributed by atoms with E-state index < -0.39 is 0 Å². The normalized spacial score (nSPS) is 13.7. The van der Waals surface area contributed by atoms with Gasteiger partial charge in [0.2, 0.25) is 0 Å². The molecule has 1 N–H and O–H groups in total. The van der Waals surface area contributed by atoms with Crippen LogP contribution in [0.3, 0.4) is 0 Å². The Morgan fingerprint density at radius 1 is 0.941 bits per heavy atom. The average molecular weight is 458 g/mol. The fourth-order valence-corrected chi connectivity index (χ4v) is 4.15. The topological polar surface area (TPSA) is 78.9 Å². The monoisotopic (exact) mass is 457 g/mol. The number of nitrogens with zero attached hydrogens (tertiary/aromatic N) is 2. The van der Waals surface area contributed by atoms with Gasteiger partial charge in [-0.25, -0.2) is 0 Å². The molecule has 1 aliphatic rings. The minimum Gasteiger partial charge on any atom is -0.496 e. The number of fused-ring (bicyclic) bond motifs is 1. The zero-order valence-electron chi connectivity index (χ0n) is 19.4. The Hall–Kier alpha value is -3.97. The van der Waals surface area contributed by atoms with Crippen molar-refractivity contribution in [3.8, 4) is 5.75 Å². The highest BCUT2D eigenvalue weighted by atomic mass is 16.5. The van der Waals surface area contributed by atoms with Crippen molar-refractivity contribution in [3.05, 3.63) is 101 Å². The number of hydrogen-bond acceptors (Lipinski definition) is 5. The van der Waals surface area contributed by atoms with Gasteiger partial charge >= 0.3 is 0 Å². The molecule has 0 fully saturated rings. The number of amides is 3. The fourth-order valence-electron chi connectivity index (χ4n) is 4.15. The maximum atomic E-state index is 13.1. The molecule has 1 unspecified atom stereocenters. The number of imide groups is 1. The van der Waals surface area contributed by atoms with E-state index in [2.05, 4.69) is 5.32 Å². The summed E-state index contributed by atoms with van der Waals surface area (Å²) < 4.78 is 5.40. The highest BCUT2D eigenvalue weighted by Crippen LogP contribution is 2.26. The highest BCUT2D eigenvalue weighted by Gasteiger charge is 2.35. The van der Waals surface area contributed by atoms with Crippen molar-refractivity contribution in [2.24, 2.45) is 0 Å². The summed E-state index contributed by atoms with van der Waals surface area (Å²) in [5.74, 6) is -0.535. The zero-order valence-corrected chi connectivity index (χ0v) is 19.4. The second-order valence-electron chi connectivity index (χ2n) is 8.38. The molecule has 34 heavy (non-hydrogen) atoms. The van der Waals surface area contributed by atoms with E-state index in [4.69, 9.17) is 4.74 Å². The van der Waals surface area contributed by atoms with E-state index in [1.165, 1.54) is 12.0 Å². The lowest BCUT2D eigenvalue weighted by Crippen LogP contribution is -2.35. The van der Waals surface area contributed by atoms with Crippen LogP contribution in [0.4, 0.5) is 0 Å². The van der Waals surface area contributed by atoms with Gasteiger partial charge in [-0.1, -0.05) is 48.5 Å². The molecule has 1 aliphatic heterocycles. The molecular weight excluding hydrogens is 430 g/mol. The van der Waals surface area contributed by atoms with Crippen molar-refractivity contribution < 1.29 is 19.1 Å². The summed E-state index contributed by atoms with van der Waals surface area (Å²) in [6.07, 6.45) is 0. The van der Waals surface area contributed by atoms with Gasteiger partial charge in [-0.2, -0.15) is 0 Å². The third-order valence-electron chi connectivity index (χ3n) is 5.99. The molecule has 4 rings (SSSR count). The zero-order chi connectivity index (χ0) is 24.2. The van der Waals surface area contributed by atoms with E-state index in [1.807, 2.05) is 49.3 Å². The standard InChI is InChI=1S/C27H27N3O4/c1-29(2)23(19-9-5-4-6-10-19)16-28-25(31)22-15-18(13-14-24(22)34-3)17-30-26(32)20-11-7-8-12-21(20)27(30)33/h4-15,23H,16-17H2,1-3H3,(H,28,31). The number of hydrogen-bond donors (Lipinski definition) is 1. The van der Waals surface area contributed by atoms with Crippen molar-refractivity contribution in [1.29, 1.82) is 0 Å². The summed E-state index contributed by atoms with van der Waals surface area (Å²) in [5.41, 5.74) is 2.90. The van der Waals surface area contributed by atoms with Gasteiger partial charge in [-0.15, -0.1) is 0 Å². The van der Waals surface area contributed by atoms with E-state index >= 15 is 0 Å². The first-order valence-corrected chi connectivity index (χ1v) is 11.0. The molecule has 0 aliphatic carbocycles. The van der Waals surface area contributed by atoms with Crippen molar-refractivity contribution >= 4 is 17.7 Å². The van der Waals surface area contributed by atoms with Crippen LogP contribution in [0, 0.1) is 0 Å². The molecule has 0 saturated heterocycles. The molecule has 7 heteroatoms.